The summed E-state index contributed by atoms with van der Waals surface area (Å²) >= 11 is 0. The van der Waals surface area contributed by atoms with E-state index in [1.54, 1.807) is 0 Å². The Morgan fingerprint density at radius 3 is 2.04 bits per heavy atom. The lowest BCUT2D eigenvalue weighted by Gasteiger charge is -2.42. The smallest absolute Gasteiger partial charge is 0.403 e. The standard InChI is InChI=1S/C22H42BNO3/c1-10-16-13-17(11-12-23-26-20(5,6)21(7,8)27-23)15-22(9,14-16)18(25)24-19(2,3)4/h16-17H,10-15H2,1-9H3,(H,24,25)/t16-,17-,22?/m1/s1. The Morgan fingerprint density at radius 2 is 1.56 bits per heavy atom. The summed E-state index contributed by atoms with van der Waals surface area (Å²) in [5.41, 5.74) is -0.987. The van der Waals surface area contributed by atoms with Crippen molar-refractivity contribution in [1.82, 2.24) is 5.32 Å². The molecule has 156 valence electrons. The Labute approximate surface area is 167 Å². The van der Waals surface area contributed by atoms with E-state index in [9.17, 15) is 4.79 Å². The molecule has 0 aromatic carbocycles. The van der Waals surface area contributed by atoms with E-state index in [-0.39, 0.29) is 35.2 Å². The summed E-state index contributed by atoms with van der Waals surface area (Å²) in [6.07, 6.45) is 6.29. The molecule has 2 rings (SSSR count). The average Bonchev–Trinajstić information content (AvgIpc) is 2.70. The summed E-state index contributed by atoms with van der Waals surface area (Å²) in [4.78, 5) is 13.0. The van der Waals surface area contributed by atoms with Crippen LogP contribution in [0, 0.1) is 17.3 Å². The summed E-state index contributed by atoms with van der Waals surface area (Å²) in [7, 11) is -0.133. The van der Waals surface area contributed by atoms with E-state index in [2.05, 4.69) is 67.6 Å². The van der Waals surface area contributed by atoms with Crippen LogP contribution in [0.3, 0.4) is 0 Å². The zero-order valence-electron chi connectivity index (χ0n) is 19.2. The van der Waals surface area contributed by atoms with Gasteiger partial charge in [0.05, 0.1) is 11.2 Å². The van der Waals surface area contributed by atoms with E-state index in [4.69, 9.17) is 9.31 Å². The van der Waals surface area contributed by atoms with Crippen LogP contribution >= 0.6 is 0 Å². The summed E-state index contributed by atoms with van der Waals surface area (Å²) < 4.78 is 12.3. The first-order valence-corrected chi connectivity index (χ1v) is 10.9. The Balaban J connectivity index is 2.00. The molecule has 1 heterocycles. The van der Waals surface area contributed by atoms with Crippen LogP contribution in [0.2, 0.25) is 6.32 Å². The Kier molecular flexibility index (Phi) is 6.49. The molecule has 1 saturated heterocycles. The average molecular weight is 379 g/mol. The highest BCUT2D eigenvalue weighted by molar-refractivity contribution is 6.45. The van der Waals surface area contributed by atoms with Gasteiger partial charge in [-0.05, 0) is 85.9 Å². The van der Waals surface area contributed by atoms with Crippen LogP contribution in [0.15, 0.2) is 0 Å². The van der Waals surface area contributed by atoms with Gasteiger partial charge < -0.3 is 14.6 Å². The van der Waals surface area contributed by atoms with Crippen LogP contribution in [-0.4, -0.2) is 29.8 Å². The highest BCUT2D eigenvalue weighted by atomic mass is 16.7. The van der Waals surface area contributed by atoms with Crippen molar-refractivity contribution < 1.29 is 14.1 Å². The SMILES string of the molecule is CC[C@@H]1C[C@@H](CCB2OC(C)(C)C(C)(C)O2)CC(C)(C(=O)NC(C)(C)C)C1. The van der Waals surface area contributed by atoms with Crippen LogP contribution in [0.25, 0.3) is 0 Å². The molecule has 5 heteroatoms. The van der Waals surface area contributed by atoms with Crippen molar-refractivity contribution in [2.75, 3.05) is 0 Å². The number of hydrogen-bond donors (Lipinski definition) is 1. The van der Waals surface area contributed by atoms with E-state index in [0.29, 0.717) is 11.8 Å². The third kappa shape index (κ3) is 5.50. The molecule has 27 heavy (non-hydrogen) atoms. The fraction of sp³-hybridized carbons (Fsp3) is 0.955. The molecule has 1 aliphatic heterocycles. The number of carbonyl (C=O) groups is 1. The number of nitrogens with one attached hydrogen (secondary N) is 1. The molecule has 0 aromatic rings. The molecule has 4 nitrogen and oxygen atoms in total. The maximum absolute atomic E-state index is 13.0. The van der Waals surface area contributed by atoms with Crippen LogP contribution in [-0.2, 0) is 14.1 Å². The zero-order chi connectivity index (χ0) is 20.7. The maximum Gasteiger partial charge on any atom is 0.457 e. The molecule has 0 radical (unpaired) electrons. The van der Waals surface area contributed by atoms with Gasteiger partial charge in [-0.3, -0.25) is 4.79 Å². The molecule has 1 amide bonds. The summed E-state index contributed by atoms with van der Waals surface area (Å²) in [6, 6.07) is 0. The van der Waals surface area contributed by atoms with Gasteiger partial charge in [-0.15, -0.1) is 0 Å². The lowest BCUT2D eigenvalue weighted by Crippen LogP contribution is -2.50. The van der Waals surface area contributed by atoms with Crippen LogP contribution < -0.4 is 5.32 Å². The first kappa shape index (κ1) is 22.7. The van der Waals surface area contributed by atoms with E-state index in [0.717, 1.165) is 32.0 Å². The molecule has 3 atom stereocenters. The highest BCUT2D eigenvalue weighted by Crippen LogP contribution is 2.46. The van der Waals surface area contributed by atoms with E-state index < -0.39 is 0 Å². The molecule has 1 aliphatic carbocycles. The van der Waals surface area contributed by atoms with Gasteiger partial charge in [0.25, 0.3) is 0 Å². The Morgan fingerprint density at radius 1 is 1.04 bits per heavy atom. The fourth-order valence-electron chi connectivity index (χ4n) is 4.66. The topological polar surface area (TPSA) is 47.6 Å². The van der Waals surface area contributed by atoms with E-state index >= 15 is 0 Å². The first-order chi connectivity index (χ1) is 12.2. The third-order valence-corrected chi connectivity index (χ3v) is 6.87. The van der Waals surface area contributed by atoms with Crippen molar-refractivity contribution >= 4 is 13.0 Å². The minimum atomic E-state index is -0.271. The van der Waals surface area contributed by atoms with Gasteiger partial charge >= 0.3 is 7.12 Å². The molecular weight excluding hydrogens is 337 g/mol. The van der Waals surface area contributed by atoms with Crippen LogP contribution in [0.5, 0.6) is 0 Å². The van der Waals surface area contributed by atoms with E-state index in [1.807, 2.05) is 0 Å². The van der Waals surface area contributed by atoms with Crippen molar-refractivity contribution in [2.45, 2.75) is 117 Å². The largest absolute Gasteiger partial charge is 0.457 e. The van der Waals surface area contributed by atoms with Crippen molar-refractivity contribution in [3.63, 3.8) is 0 Å². The summed E-state index contributed by atoms with van der Waals surface area (Å²) in [5, 5.41) is 3.22. The summed E-state index contributed by atoms with van der Waals surface area (Å²) in [5.74, 6) is 1.39. The van der Waals surface area contributed by atoms with Crippen LogP contribution in [0.4, 0.5) is 0 Å². The van der Waals surface area contributed by atoms with Gasteiger partial charge in [0.15, 0.2) is 0 Å². The van der Waals surface area contributed by atoms with Crippen molar-refractivity contribution in [1.29, 1.82) is 0 Å². The van der Waals surface area contributed by atoms with Crippen molar-refractivity contribution in [3.05, 3.63) is 0 Å². The minimum Gasteiger partial charge on any atom is -0.403 e. The Bertz CT molecular complexity index is 524. The second-order valence-electron chi connectivity index (χ2n) is 11.3. The second-order valence-corrected chi connectivity index (χ2v) is 11.3. The molecule has 2 fully saturated rings. The predicted octanol–water partition coefficient (Wildman–Crippen LogP) is 5.22. The molecule has 0 aromatic heterocycles. The number of carbonyl (C=O) groups excluding carboxylic acids is 1. The molecule has 2 aliphatic rings. The highest BCUT2D eigenvalue weighted by Gasteiger charge is 2.51. The van der Waals surface area contributed by atoms with Gasteiger partial charge in [0.1, 0.15) is 0 Å². The monoisotopic (exact) mass is 379 g/mol. The van der Waals surface area contributed by atoms with Gasteiger partial charge in [-0.2, -0.15) is 0 Å². The lowest BCUT2D eigenvalue weighted by molar-refractivity contribution is -0.135. The molecular formula is C22H42BNO3. The lowest BCUT2D eigenvalue weighted by atomic mass is 9.63. The maximum atomic E-state index is 13.0. The third-order valence-electron chi connectivity index (χ3n) is 6.87. The molecule has 1 saturated carbocycles. The second kappa shape index (κ2) is 7.70. The van der Waals surface area contributed by atoms with E-state index in [1.165, 1.54) is 6.42 Å². The molecule has 1 unspecified atom stereocenters. The normalized spacial score (nSPS) is 33.1. The molecule has 0 spiro atoms. The van der Waals surface area contributed by atoms with Gasteiger partial charge in [0.2, 0.25) is 5.91 Å². The molecule has 0 bridgehead atoms. The predicted molar refractivity (Wildman–Crippen MR) is 113 cm³/mol. The fourth-order valence-corrected chi connectivity index (χ4v) is 4.66. The minimum absolute atomic E-state index is 0.133. The number of amides is 1. The van der Waals surface area contributed by atoms with Gasteiger partial charge in [-0.25, -0.2) is 0 Å². The first-order valence-electron chi connectivity index (χ1n) is 10.9. The quantitative estimate of drug-likeness (QED) is 0.667. The van der Waals surface area contributed by atoms with Crippen LogP contribution in [0.1, 0.15) is 94.4 Å². The number of rotatable bonds is 5. The molecule has 1 N–H and O–H groups in total. The van der Waals surface area contributed by atoms with Crippen molar-refractivity contribution in [2.24, 2.45) is 17.3 Å². The van der Waals surface area contributed by atoms with Gasteiger partial charge in [0, 0.05) is 11.0 Å². The van der Waals surface area contributed by atoms with Crippen molar-refractivity contribution in [3.8, 4) is 0 Å². The Hall–Kier alpha value is -0.545. The van der Waals surface area contributed by atoms with Gasteiger partial charge in [-0.1, -0.05) is 26.7 Å². The number of hydrogen-bond acceptors (Lipinski definition) is 3. The summed E-state index contributed by atoms with van der Waals surface area (Å²) in [6.45, 7) is 19.0. The zero-order valence-corrected chi connectivity index (χ0v) is 19.2.